The van der Waals surface area contributed by atoms with Crippen LogP contribution in [0.2, 0.25) is 10.0 Å². The SMILES string of the molecule is CC(C)C1CN(c2ccc(Cl)c(Cl)c2)C(C(C)C)CN1. The Labute approximate surface area is 132 Å². The zero-order valence-corrected chi connectivity index (χ0v) is 14.2. The highest BCUT2D eigenvalue weighted by molar-refractivity contribution is 6.42. The summed E-state index contributed by atoms with van der Waals surface area (Å²) < 4.78 is 0. The maximum absolute atomic E-state index is 6.19. The Morgan fingerprint density at radius 3 is 2.35 bits per heavy atom. The zero-order valence-electron chi connectivity index (χ0n) is 12.7. The van der Waals surface area contributed by atoms with Gasteiger partial charge in [0, 0.05) is 30.9 Å². The third-order valence-electron chi connectivity index (χ3n) is 4.19. The highest BCUT2D eigenvalue weighted by atomic mass is 35.5. The molecule has 0 bridgehead atoms. The minimum Gasteiger partial charge on any atom is -0.365 e. The number of benzene rings is 1. The molecule has 0 radical (unpaired) electrons. The van der Waals surface area contributed by atoms with E-state index in [0.29, 0.717) is 34.0 Å². The van der Waals surface area contributed by atoms with Gasteiger partial charge in [0.25, 0.3) is 0 Å². The summed E-state index contributed by atoms with van der Waals surface area (Å²) in [7, 11) is 0. The number of rotatable bonds is 3. The van der Waals surface area contributed by atoms with Crippen LogP contribution >= 0.6 is 23.2 Å². The second-order valence-electron chi connectivity index (χ2n) is 6.32. The molecule has 2 rings (SSSR count). The van der Waals surface area contributed by atoms with Gasteiger partial charge in [-0.15, -0.1) is 0 Å². The van der Waals surface area contributed by atoms with Crippen molar-refractivity contribution in [3.8, 4) is 0 Å². The van der Waals surface area contributed by atoms with Crippen LogP contribution in [0, 0.1) is 11.8 Å². The van der Waals surface area contributed by atoms with Crippen molar-refractivity contribution in [3.63, 3.8) is 0 Å². The normalized spacial score (nSPS) is 23.7. The van der Waals surface area contributed by atoms with Crippen LogP contribution in [0.4, 0.5) is 5.69 Å². The highest BCUT2D eigenvalue weighted by Gasteiger charge is 2.31. The molecule has 2 nitrogen and oxygen atoms in total. The maximum Gasteiger partial charge on any atom is 0.0612 e. The molecule has 1 aliphatic heterocycles. The van der Waals surface area contributed by atoms with Gasteiger partial charge in [-0.1, -0.05) is 50.9 Å². The van der Waals surface area contributed by atoms with Gasteiger partial charge < -0.3 is 10.2 Å². The fraction of sp³-hybridized carbons (Fsp3) is 0.625. The molecule has 4 heteroatoms. The number of nitrogens with one attached hydrogen (secondary N) is 1. The molecule has 2 unspecified atom stereocenters. The maximum atomic E-state index is 6.19. The van der Waals surface area contributed by atoms with Crippen LogP contribution in [0.15, 0.2) is 18.2 Å². The van der Waals surface area contributed by atoms with Gasteiger partial charge in [-0.3, -0.25) is 0 Å². The molecule has 1 aliphatic rings. The number of hydrogen-bond acceptors (Lipinski definition) is 2. The minimum absolute atomic E-state index is 0.488. The number of halogens is 2. The van der Waals surface area contributed by atoms with Crippen molar-refractivity contribution in [2.24, 2.45) is 11.8 Å². The Morgan fingerprint density at radius 1 is 1.10 bits per heavy atom. The molecule has 112 valence electrons. The van der Waals surface area contributed by atoms with Crippen molar-refractivity contribution < 1.29 is 0 Å². The first-order chi connectivity index (χ1) is 9.40. The second kappa shape index (κ2) is 6.55. The highest BCUT2D eigenvalue weighted by Crippen LogP contribution is 2.31. The van der Waals surface area contributed by atoms with Gasteiger partial charge in [0.05, 0.1) is 10.0 Å². The molecule has 1 heterocycles. The lowest BCUT2D eigenvalue weighted by Gasteiger charge is -2.45. The van der Waals surface area contributed by atoms with E-state index in [4.69, 9.17) is 23.2 Å². The van der Waals surface area contributed by atoms with Gasteiger partial charge in [0.15, 0.2) is 0 Å². The van der Waals surface area contributed by atoms with Crippen molar-refractivity contribution in [3.05, 3.63) is 28.2 Å². The lowest BCUT2D eigenvalue weighted by molar-refractivity contribution is 0.295. The third kappa shape index (κ3) is 3.41. The first-order valence-electron chi connectivity index (χ1n) is 7.35. The molecular formula is C16H24Cl2N2. The Bertz CT molecular complexity index is 460. The molecule has 2 atom stereocenters. The monoisotopic (exact) mass is 314 g/mol. The molecular weight excluding hydrogens is 291 g/mol. The fourth-order valence-corrected chi connectivity index (χ4v) is 3.09. The predicted molar refractivity (Wildman–Crippen MR) is 89.1 cm³/mol. The average molecular weight is 315 g/mol. The lowest BCUT2D eigenvalue weighted by Crippen LogP contribution is -2.60. The molecule has 1 aromatic rings. The molecule has 0 aromatic heterocycles. The van der Waals surface area contributed by atoms with Crippen LogP contribution in [-0.2, 0) is 0 Å². The topological polar surface area (TPSA) is 15.3 Å². The van der Waals surface area contributed by atoms with E-state index in [1.165, 1.54) is 5.69 Å². The second-order valence-corrected chi connectivity index (χ2v) is 7.14. The van der Waals surface area contributed by atoms with Gasteiger partial charge in [-0.25, -0.2) is 0 Å². The molecule has 0 saturated carbocycles. The molecule has 0 amide bonds. The van der Waals surface area contributed by atoms with Gasteiger partial charge in [-0.05, 0) is 30.0 Å². The summed E-state index contributed by atoms with van der Waals surface area (Å²) in [6, 6.07) is 6.96. The van der Waals surface area contributed by atoms with Gasteiger partial charge in [0.2, 0.25) is 0 Å². The fourth-order valence-electron chi connectivity index (χ4n) is 2.80. The van der Waals surface area contributed by atoms with Crippen LogP contribution < -0.4 is 10.2 Å². The third-order valence-corrected chi connectivity index (χ3v) is 4.93. The van der Waals surface area contributed by atoms with Crippen LogP contribution in [-0.4, -0.2) is 25.2 Å². The standard InChI is InChI=1S/C16H24Cl2N2/c1-10(2)15-9-20(16(8-19-15)11(3)4)12-5-6-13(17)14(18)7-12/h5-7,10-11,15-16,19H,8-9H2,1-4H3. The zero-order chi connectivity index (χ0) is 14.9. The van der Waals surface area contributed by atoms with Crippen molar-refractivity contribution in [1.29, 1.82) is 0 Å². The first kappa shape index (κ1) is 15.9. The largest absolute Gasteiger partial charge is 0.365 e. The summed E-state index contributed by atoms with van der Waals surface area (Å²) in [6.07, 6.45) is 0. The smallest absolute Gasteiger partial charge is 0.0612 e. The first-order valence-corrected chi connectivity index (χ1v) is 8.10. The van der Waals surface area contributed by atoms with Gasteiger partial charge in [-0.2, -0.15) is 0 Å². The molecule has 0 aliphatic carbocycles. The number of hydrogen-bond donors (Lipinski definition) is 1. The molecule has 1 saturated heterocycles. The van der Waals surface area contributed by atoms with E-state index in [-0.39, 0.29) is 0 Å². The number of nitrogens with zero attached hydrogens (tertiary/aromatic N) is 1. The Balaban J connectivity index is 2.28. The minimum atomic E-state index is 0.488. The quantitative estimate of drug-likeness (QED) is 0.886. The van der Waals surface area contributed by atoms with Crippen molar-refractivity contribution in [2.45, 2.75) is 39.8 Å². The summed E-state index contributed by atoms with van der Waals surface area (Å²) >= 11 is 12.2. The summed E-state index contributed by atoms with van der Waals surface area (Å²) in [6.45, 7) is 11.1. The van der Waals surface area contributed by atoms with Crippen LogP contribution in [0.3, 0.4) is 0 Å². The Kier molecular flexibility index (Phi) is 5.22. The average Bonchev–Trinajstić information content (AvgIpc) is 2.41. The van der Waals surface area contributed by atoms with Crippen LogP contribution in [0.25, 0.3) is 0 Å². The number of anilines is 1. The Morgan fingerprint density at radius 2 is 1.80 bits per heavy atom. The van der Waals surface area contributed by atoms with Gasteiger partial charge in [0.1, 0.15) is 0 Å². The van der Waals surface area contributed by atoms with E-state index in [1.807, 2.05) is 12.1 Å². The molecule has 1 aromatic carbocycles. The van der Waals surface area contributed by atoms with E-state index in [9.17, 15) is 0 Å². The van der Waals surface area contributed by atoms with E-state index in [2.05, 4.69) is 44.0 Å². The van der Waals surface area contributed by atoms with E-state index in [1.54, 1.807) is 0 Å². The lowest BCUT2D eigenvalue weighted by atomic mass is 9.93. The Hall–Kier alpha value is -0.440. The summed E-state index contributed by atoms with van der Waals surface area (Å²) in [5, 5.41) is 4.92. The molecule has 1 N–H and O–H groups in total. The molecule has 1 fully saturated rings. The van der Waals surface area contributed by atoms with Crippen molar-refractivity contribution in [1.82, 2.24) is 5.32 Å². The van der Waals surface area contributed by atoms with Crippen molar-refractivity contribution >= 4 is 28.9 Å². The summed E-state index contributed by atoms with van der Waals surface area (Å²) in [5.74, 6) is 1.21. The molecule has 20 heavy (non-hydrogen) atoms. The van der Waals surface area contributed by atoms with Crippen molar-refractivity contribution in [2.75, 3.05) is 18.0 Å². The number of piperazine rings is 1. The van der Waals surface area contributed by atoms with Gasteiger partial charge >= 0.3 is 0 Å². The predicted octanol–water partition coefficient (Wildman–Crippen LogP) is 4.45. The molecule has 0 spiro atoms. The van der Waals surface area contributed by atoms with E-state index >= 15 is 0 Å². The van der Waals surface area contributed by atoms with Crippen LogP contribution in [0.1, 0.15) is 27.7 Å². The van der Waals surface area contributed by atoms with E-state index in [0.717, 1.165) is 13.1 Å². The summed E-state index contributed by atoms with van der Waals surface area (Å²) in [5.41, 5.74) is 1.17. The van der Waals surface area contributed by atoms with E-state index < -0.39 is 0 Å². The van der Waals surface area contributed by atoms with Crippen LogP contribution in [0.5, 0.6) is 0 Å². The summed E-state index contributed by atoms with van der Waals surface area (Å²) in [4.78, 5) is 2.48.